The molecule has 1 aromatic heterocycles. The lowest BCUT2D eigenvalue weighted by molar-refractivity contribution is 0.340. The van der Waals surface area contributed by atoms with E-state index in [1.807, 2.05) is 37.3 Å². The molecule has 102 valence electrons. The topological polar surface area (TPSA) is 56.3 Å². The first-order chi connectivity index (χ1) is 9.11. The van der Waals surface area contributed by atoms with E-state index in [9.17, 15) is 8.42 Å². The molecule has 0 spiro atoms. The molecule has 2 aromatic rings. The fourth-order valence-corrected chi connectivity index (χ4v) is 2.99. The van der Waals surface area contributed by atoms with Gasteiger partial charge in [-0.05, 0) is 18.6 Å². The zero-order chi connectivity index (χ0) is 13.7. The first-order valence-electron chi connectivity index (χ1n) is 6.29. The van der Waals surface area contributed by atoms with Crippen LogP contribution in [0, 0.1) is 0 Å². The van der Waals surface area contributed by atoms with Crippen molar-refractivity contribution < 1.29 is 13.2 Å². The van der Waals surface area contributed by atoms with Crippen LogP contribution < -0.4 is 4.74 Å². The van der Waals surface area contributed by atoms with Crippen molar-refractivity contribution in [2.75, 3.05) is 18.1 Å². The molecule has 19 heavy (non-hydrogen) atoms. The third-order valence-corrected chi connectivity index (χ3v) is 4.56. The van der Waals surface area contributed by atoms with Crippen LogP contribution in [0.5, 0.6) is 5.75 Å². The van der Waals surface area contributed by atoms with Gasteiger partial charge in [0.15, 0.2) is 9.84 Å². The second-order valence-electron chi connectivity index (χ2n) is 4.36. The molecular weight excluding hydrogens is 262 g/mol. The molecule has 4 nitrogen and oxygen atoms in total. The van der Waals surface area contributed by atoms with Gasteiger partial charge in [-0.3, -0.25) is 4.98 Å². The van der Waals surface area contributed by atoms with E-state index < -0.39 is 9.84 Å². The number of hydrogen-bond donors (Lipinski definition) is 0. The molecule has 0 saturated heterocycles. The lowest BCUT2D eigenvalue weighted by Crippen LogP contribution is -2.16. The smallest absolute Gasteiger partial charge is 0.153 e. The van der Waals surface area contributed by atoms with Crippen molar-refractivity contribution >= 4 is 20.7 Å². The van der Waals surface area contributed by atoms with Gasteiger partial charge in [-0.25, -0.2) is 8.42 Å². The fraction of sp³-hybridized carbons (Fsp3) is 0.357. The first kappa shape index (κ1) is 13.8. The largest absolute Gasteiger partial charge is 0.491 e. The summed E-state index contributed by atoms with van der Waals surface area (Å²) in [6.07, 6.45) is 2.26. The van der Waals surface area contributed by atoms with Gasteiger partial charge in [-0.1, -0.05) is 25.1 Å². The Hall–Kier alpha value is -1.62. The zero-order valence-electron chi connectivity index (χ0n) is 10.9. The van der Waals surface area contributed by atoms with Crippen LogP contribution >= 0.6 is 0 Å². The minimum atomic E-state index is -2.99. The second-order valence-corrected chi connectivity index (χ2v) is 6.67. The van der Waals surface area contributed by atoms with Crippen LogP contribution in [-0.4, -0.2) is 31.5 Å². The van der Waals surface area contributed by atoms with Crippen LogP contribution in [0.3, 0.4) is 0 Å². The summed E-state index contributed by atoms with van der Waals surface area (Å²) in [4.78, 5) is 4.26. The van der Waals surface area contributed by atoms with Gasteiger partial charge in [0.25, 0.3) is 0 Å². The van der Waals surface area contributed by atoms with Gasteiger partial charge in [0.1, 0.15) is 12.4 Å². The summed E-state index contributed by atoms with van der Waals surface area (Å²) in [6.45, 7) is 2.02. The van der Waals surface area contributed by atoms with Crippen molar-refractivity contribution in [3.05, 3.63) is 36.5 Å². The lowest BCUT2D eigenvalue weighted by Gasteiger charge is -2.07. The Bertz CT molecular complexity index is 653. The number of ether oxygens (including phenoxy) is 1. The maximum atomic E-state index is 11.5. The monoisotopic (exact) mass is 279 g/mol. The average molecular weight is 279 g/mol. The summed E-state index contributed by atoms with van der Waals surface area (Å²) in [5, 5.41) is 0.983. The molecule has 0 aliphatic carbocycles. The third-order valence-electron chi connectivity index (χ3n) is 2.74. The molecule has 0 fully saturated rings. The average Bonchev–Trinajstić information content (AvgIpc) is 2.38. The van der Waals surface area contributed by atoms with Crippen molar-refractivity contribution in [2.24, 2.45) is 0 Å². The number of pyridine rings is 1. The molecule has 1 heterocycles. The van der Waals surface area contributed by atoms with E-state index in [-0.39, 0.29) is 18.1 Å². The summed E-state index contributed by atoms with van der Waals surface area (Å²) in [6, 6.07) is 9.59. The van der Waals surface area contributed by atoms with Crippen molar-refractivity contribution in [1.82, 2.24) is 4.98 Å². The Labute approximate surface area is 113 Å². The van der Waals surface area contributed by atoms with E-state index in [0.29, 0.717) is 12.2 Å². The molecule has 0 amide bonds. The molecule has 5 heteroatoms. The minimum absolute atomic E-state index is 0.0493. The van der Waals surface area contributed by atoms with Crippen molar-refractivity contribution in [3.63, 3.8) is 0 Å². The van der Waals surface area contributed by atoms with E-state index in [1.165, 1.54) is 0 Å². The third kappa shape index (κ3) is 3.92. The normalized spacial score (nSPS) is 11.6. The molecule has 0 atom stereocenters. The van der Waals surface area contributed by atoms with Crippen LogP contribution in [0.1, 0.15) is 13.3 Å². The van der Waals surface area contributed by atoms with Crippen LogP contribution in [-0.2, 0) is 9.84 Å². The molecule has 0 aliphatic rings. The number of fused-ring (bicyclic) bond motifs is 1. The molecule has 0 radical (unpaired) electrons. The van der Waals surface area contributed by atoms with Gasteiger partial charge in [-0.2, -0.15) is 0 Å². The van der Waals surface area contributed by atoms with Crippen LogP contribution in [0.15, 0.2) is 36.5 Å². The second kappa shape index (κ2) is 6.02. The lowest BCUT2D eigenvalue weighted by atomic mass is 10.2. The highest BCUT2D eigenvalue weighted by Crippen LogP contribution is 2.17. The van der Waals surface area contributed by atoms with E-state index >= 15 is 0 Å². The number of rotatable bonds is 6. The zero-order valence-corrected chi connectivity index (χ0v) is 11.7. The van der Waals surface area contributed by atoms with E-state index in [4.69, 9.17) is 4.74 Å². The highest BCUT2D eigenvalue weighted by Gasteiger charge is 2.09. The Morgan fingerprint density at radius 3 is 2.79 bits per heavy atom. The summed E-state index contributed by atoms with van der Waals surface area (Å²) in [5.74, 6) is 0.866. The van der Waals surface area contributed by atoms with Crippen molar-refractivity contribution in [3.8, 4) is 5.75 Å². The minimum Gasteiger partial charge on any atom is -0.491 e. The Kier molecular flexibility index (Phi) is 4.37. The quantitative estimate of drug-likeness (QED) is 0.815. The van der Waals surface area contributed by atoms with Crippen molar-refractivity contribution in [2.45, 2.75) is 13.3 Å². The summed E-state index contributed by atoms with van der Waals surface area (Å²) >= 11 is 0. The molecule has 0 unspecified atom stereocenters. The van der Waals surface area contributed by atoms with Gasteiger partial charge >= 0.3 is 0 Å². The highest BCUT2D eigenvalue weighted by atomic mass is 32.2. The summed E-state index contributed by atoms with van der Waals surface area (Å²) in [5.41, 5.74) is 0.897. The summed E-state index contributed by atoms with van der Waals surface area (Å²) < 4.78 is 28.5. The van der Waals surface area contributed by atoms with E-state index in [0.717, 1.165) is 10.9 Å². The predicted molar refractivity (Wildman–Crippen MR) is 76.2 cm³/mol. The number of para-hydroxylation sites is 1. The Morgan fingerprint density at radius 1 is 1.21 bits per heavy atom. The summed E-state index contributed by atoms with van der Waals surface area (Å²) in [7, 11) is -2.99. The van der Waals surface area contributed by atoms with Crippen LogP contribution in [0.4, 0.5) is 0 Å². The van der Waals surface area contributed by atoms with Crippen LogP contribution in [0.25, 0.3) is 10.9 Å². The van der Waals surface area contributed by atoms with E-state index in [2.05, 4.69) is 4.98 Å². The molecular formula is C14H17NO3S. The maximum absolute atomic E-state index is 11.5. The Balaban J connectivity index is 1.98. The number of hydrogen-bond acceptors (Lipinski definition) is 4. The molecule has 1 aromatic carbocycles. The fourth-order valence-electron chi connectivity index (χ4n) is 1.83. The van der Waals surface area contributed by atoms with Gasteiger partial charge in [-0.15, -0.1) is 0 Å². The maximum Gasteiger partial charge on any atom is 0.153 e. The number of benzene rings is 1. The molecule has 2 rings (SSSR count). The predicted octanol–water partition coefficient (Wildman–Crippen LogP) is 2.44. The first-order valence-corrected chi connectivity index (χ1v) is 8.11. The highest BCUT2D eigenvalue weighted by molar-refractivity contribution is 7.91. The number of aromatic nitrogens is 1. The van der Waals surface area contributed by atoms with Gasteiger partial charge in [0.2, 0.25) is 0 Å². The molecule has 0 aliphatic heterocycles. The van der Waals surface area contributed by atoms with Crippen LogP contribution in [0.2, 0.25) is 0 Å². The number of nitrogens with zero attached hydrogens (tertiary/aromatic N) is 1. The SMILES string of the molecule is CCCS(=O)(=O)CCOc1cnc2ccccc2c1. The molecule has 0 saturated carbocycles. The molecule has 0 bridgehead atoms. The van der Waals surface area contributed by atoms with Gasteiger partial charge < -0.3 is 4.74 Å². The van der Waals surface area contributed by atoms with Gasteiger partial charge in [0.05, 0.1) is 23.2 Å². The standard InChI is InChI=1S/C14H17NO3S/c1-2-8-19(16,17)9-7-18-13-10-12-5-3-4-6-14(12)15-11-13/h3-6,10-11H,2,7-9H2,1H3. The Morgan fingerprint density at radius 2 is 2.00 bits per heavy atom. The van der Waals surface area contributed by atoms with Gasteiger partial charge in [0, 0.05) is 5.39 Å². The number of sulfone groups is 1. The van der Waals surface area contributed by atoms with Crippen molar-refractivity contribution in [1.29, 1.82) is 0 Å². The van der Waals surface area contributed by atoms with E-state index in [1.54, 1.807) is 6.20 Å². The molecule has 0 N–H and O–H groups in total.